The van der Waals surface area contributed by atoms with Gasteiger partial charge >= 0.3 is 11.5 Å². The summed E-state index contributed by atoms with van der Waals surface area (Å²) < 4.78 is 46.2. The molecule has 12 heteroatoms. The Kier molecular flexibility index (Phi) is 11.6. The van der Waals surface area contributed by atoms with Crippen molar-refractivity contribution in [3.8, 4) is 57.1 Å². The van der Waals surface area contributed by atoms with Crippen LogP contribution in [0.25, 0.3) is 46.3 Å². The molecule has 5 aromatic carbocycles. The molecule has 0 spiro atoms. The van der Waals surface area contributed by atoms with E-state index in [1.165, 1.54) is 42.7 Å². The van der Waals surface area contributed by atoms with Gasteiger partial charge in [-0.1, -0.05) is 53.5 Å². The van der Waals surface area contributed by atoms with E-state index in [1.807, 2.05) is 36.4 Å². The molecule has 1 unspecified atom stereocenters. The van der Waals surface area contributed by atoms with Crippen molar-refractivity contribution in [2.45, 2.75) is 0 Å². The molecule has 7 rings (SSSR count). The van der Waals surface area contributed by atoms with Gasteiger partial charge in [0.15, 0.2) is 23.0 Å². The second-order valence-electron chi connectivity index (χ2n) is 12.9. The first-order valence-corrected chi connectivity index (χ1v) is 18.6. The van der Waals surface area contributed by atoms with Crippen LogP contribution in [-0.2, 0) is 4.74 Å². The van der Waals surface area contributed by atoms with E-state index in [9.17, 15) is 9.59 Å². The molecule has 0 bridgehead atoms. The average molecular weight is 821 g/mol. The minimum absolute atomic E-state index is 0.00889. The van der Waals surface area contributed by atoms with Crippen LogP contribution in [0.1, 0.15) is 16.7 Å². The standard InChI is InChI=1S/C46H37Cl2O10/c1-51-39-21-27(22-40(52-2)45(39)55-5)35-17-25(19-37(57-35)29-11-7-9-13-33(29)47)15-31-43(49)32(44(31)50)16-26-18-36(58-38(20-26)30-12-8-10-14-34(30)48)28-23-41(53-3)46(56-6)42(24-28)54-4/h7-25H,1-6H3/q+1. The summed E-state index contributed by atoms with van der Waals surface area (Å²) in [5.74, 6) is 3.60. The van der Waals surface area contributed by atoms with Crippen molar-refractivity contribution in [2.75, 3.05) is 42.7 Å². The zero-order valence-corrected chi connectivity index (χ0v) is 33.8. The molecule has 2 heterocycles. The first kappa shape index (κ1) is 39.7. The molecule has 1 aliphatic heterocycles. The van der Waals surface area contributed by atoms with Crippen LogP contribution < -0.4 is 49.7 Å². The smallest absolute Gasteiger partial charge is 0.362 e. The van der Waals surface area contributed by atoms with Crippen LogP contribution in [0.4, 0.5) is 0 Å². The summed E-state index contributed by atoms with van der Waals surface area (Å²) in [6.07, 6.45) is 6.77. The van der Waals surface area contributed by atoms with E-state index >= 15 is 0 Å². The monoisotopic (exact) mass is 819 g/mol. The molecule has 0 fully saturated rings. The largest absolute Gasteiger partial charge is 0.493 e. The highest BCUT2D eigenvalue weighted by molar-refractivity contribution is 6.33. The number of rotatable bonds is 12. The molecule has 10 nitrogen and oxygen atoms in total. The van der Waals surface area contributed by atoms with Gasteiger partial charge in [0.05, 0.1) is 86.4 Å². The summed E-state index contributed by atoms with van der Waals surface area (Å²) in [5, 5.41) is 0.955. The van der Waals surface area contributed by atoms with Gasteiger partial charge in [-0.25, -0.2) is 4.42 Å². The third-order valence-electron chi connectivity index (χ3n) is 9.55. The molecule has 1 atom stereocenters. The fraction of sp³-hybridized carbons (Fsp3) is 0.152. The Labute approximate surface area is 343 Å². The van der Waals surface area contributed by atoms with Gasteiger partial charge in [-0.2, -0.15) is 0 Å². The number of hydrogen-bond donors (Lipinski definition) is 0. The van der Waals surface area contributed by atoms with Crippen molar-refractivity contribution in [1.29, 1.82) is 0 Å². The van der Waals surface area contributed by atoms with Crippen molar-refractivity contribution >= 4 is 46.9 Å². The third-order valence-corrected chi connectivity index (χ3v) is 10.2. The van der Waals surface area contributed by atoms with E-state index in [0.717, 1.165) is 0 Å². The molecule has 0 radical (unpaired) electrons. The SMILES string of the molecule is COc1cc(C2=CC(C=c3c(=O)c(=Cc4cc(-c5cc(OC)c(OC)c(OC)c5)[o+]c(-c5ccccc5Cl)c4)c3=O)C=C(c3ccccc3Cl)O2)cc(OC)c1OC. The predicted molar refractivity (Wildman–Crippen MR) is 225 cm³/mol. The molecule has 0 aliphatic carbocycles. The molecule has 1 aromatic heterocycles. The van der Waals surface area contributed by atoms with E-state index in [0.29, 0.717) is 95.4 Å². The lowest BCUT2D eigenvalue weighted by atomic mass is 9.97. The van der Waals surface area contributed by atoms with Crippen LogP contribution in [0.2, 0.25) is 10.0 Å². The second-order valence-corrected chi connectivity index (χ2v) is 13.8. The number of ether oxygens (including phenoxy) is 7. The van der Waals surface area contributed by atoms with Crippen LogP contribution in [-0.4, -0.2) is 42.7 Å². The maximum Gasteiger partial charge on any atom is 0.362 e. The van der Waals surface area contributed by atoms with E-state index < -0.39 is 16.8 Å². The van der Waals surface area contributed by atoms with Gasteiger partial charge in [0.1, 0.15) is 11.5 Å². The highest BCUT2D eigenvalue weighted by atomic mass is 35.5. The van der Waals surface area contributed by atoms with E-state index in [1.54, 1.807) is 72.8 Å². The summed E-state index contributed by atoms with van der Waals surface area (Å²) in [6.45, 7) is 0. The molecule has 294 valence electrons. The van der Waals surface area contributed by atoms with Crippen molar-refractivity contribution in [3.05, 3.63) is 155 Å². The Bertz CT molecular complexity index is 2730. The summed E-state index contributed by atoms with van der Waals surface area (Å²) in [7, 11) is 9.12. The van der Waals surface area contributed by atoms with Crippen molar-refractivity contribution in [1.82, 2.24) is 0 Å². The molecule has 1 aliphatic rings. The fourth-order valence-electron chi connectivity index (χ4n) is 6.70. The number of benzene rings is 4. The summed E-state index contributed by atoms with van der Waals surface area (Å²) in [4.78, 5) is 27.7. The lowest BCUT2D eigenvalue weighted by Gasteiger charge is -2.23. The summed E-state index contributed by atoms with van der Waals surface area (Å²) in [6, 6.07) is 24.9. The van der Waals surface area contributed by atoms with E-state index in [4.69, 9.17) is 60.8 Å². The third kappa shape index (κ3) is 7.64. The molecular weight excluding hydrogens is 783 g/mol. The van der Waals surface area contributed by atoms with Gasteiger partial charge in [-0.05, 0) is 60.2 Å². The Morgan fingerprint density at radius 3 is 1.57 bits per heavy atom. The molecule has 6 aromatic rings. The highest BCUT2D eigenvalue weighted by Gasteiger charge is 2.26. The number of hydrogen-bond acceptors (Lipinski definition) is 9. The van der Waals surface area contributed by atoms with Crippen molar-refractivity contribution < 1.29 is 37.6 Å². The van der Waals surface area contributed by atoms with Gasteiger partial charge in [0.2, 0.25) is 22.4 Å². The first-order chi connectivity index (χ1) is 28.1. The van der Waals surface area contributed by atoms with Crippen molar-refractivity contribution in [3.63, 3.8) is 0 Å². The minimum Gasteiger partial charge on any atom is -0.493 e. The van der Waals surface area contributed by atoms with Crippen LogP contribution in [0.3, 0.4) is 0 Å². The lowest BCUT2D eigenvalue weighted by molar-refractivity contribution is 0.324. The normalized spacial score (nSPS) is 13.5. The Hall–Kier alpha value is -6.49. The molecular formula is C46H37Cl2O10+. The minimum atomic E-state index is -0.549. The zero-order valence-electron chi connectivity index (χ0n) is 32.3. The maximum atomic E-state index is 13.9. The van der Waals surface area contributed by atoms with Crippen LogP contribution in [0.15, 0.2) is 111 Å². The number of halogens is 2. The highest BCUT2D eigenvalue weighted by Crippen LogP contribution is 2.44. The average Bonchev–Trinajstić information content (AvgIpc) is 3.26. The lowest BCUT2D eigenvalue weighted by Crippen LogP contribution is -2.64. The van der Waals surface area contributed by atoms with E-state index in [2.05, 4.69) is 0 Å². The van der Waals surface area contributed by atoms with Gasteiger partial charge in [0, 0.05) is 29.2 Å². The Morgan fingerprint density at radius 1 is 0.569 bits per heavy atom. The first-order valence-electron chi connectivity index (χ1n) is 17.8. The van der Waals surface area contributed by atoms with Crippen molar-refractivity contribution in [2.24, 2.45) is 5.92 Å². The topological polar surface area (TPSA) is 110 Å². The fourth-order valence-corrected chi connectivity index (χ4v) is 7.16. The second kappa shape index (κ2) is 16.9. The van der Waals surface area contributed by atoms with Crippen LogP contribution >= 0.6 is 23.2 Å². The summed E-state index contributed by atoms with van der Waals surface area (Å²) >= 11 is 13.2. The van der Waals surface area contributed by atoms with Gasteiger partial charge in [-0.15, -0.1) is 0 Å². The summed E-state index contributed by atoms with van der Waals surface area (Å²) in [5.41, 5.74) is 2.13. The van der Waals surface area contributed by atoms with Crippen LogP contribution in [0, 0.1) is 5.92 Å². The maximum absolute atomic E-state index is 13.9. The molecule has 0 N–H and O–H groups in total. The molecule has 0 saturated carbocycles. The van der Waals surface area contributed by atoms with Crippen LogP contribution in [0.5, 0.6) is 34.5 Å². The number of allylic oxidation sites excluding steroid dienone is 2. The predicted octanol–water partition coefficient (Wildman–Crippen LogP) is 8.19. The van der Waals surface area contributed by atoms with E-state index in [-0.39, 0.29) is 10.4 Å². The quantitative estimate of drug-likeness (QED) is 0.112. The molecule has 0 saturated heterocycles. The molecule has 0 amide bonds. The molecule has 58 heavy (non-hydrogen) atoms. The Morgan fingerprint density at radius 2 is 1.05 bits per heavy atom. The Balaban J connectivity index is 1.36. The van der Waals surface area contributed by atoms with Gasteiger partial charge in [-0.3, -0.25) is 9.59 Å². The van der Waals surface area contributed by atoms with Gasteiger partial charge < -0.3 is 33.2 Å². The number of methoxy groups -OCH3 is 6. The van der Waals surface area contributed by atoms with Gasteiger partial charge in [0.25, 0.3) is 0 Å². The zero-order chi connectivity index (χ0) is 41.1.